The second-order valence-corrected chi connectivity index (χ2v) is 3.86. The molecule has 0 rings (SSSR count). The van der Waals surface area contributed by atoms with E-state index in [0.717, 1.165) is 0 Å². The van der Waals surface area contributed by atoms with E-state index in [9.17, 15) is 5.11 Å². The summed E-state index contributed by atoms with van der Waals surface area (Å²) in [6.45, 7) is -0.322. The lowest BCUT2D eigenvalue weighted by Crippen LogP contribution is -2.50. The Hall–Kier alpha value is 0.580. The molecule has 10 heavy (non-hydrogen) atoms. The summed E-state index contributed by atoms with van der Waals surface area (Å²) in [7, 11) is 0. The van der Waals surface area contributed by atoms with Crippen LogP contribution in [-0.2, 0) is 0 Å². The highest BCUT2D eigenvalue weighted by Crippen LogP contribution is 2.14. The van der Waals surface area contributed by atoms with Gasteiger partial charge in [-0.1, -0.05) is 0 Å². The first-order valence-corrected chi connectivity index (χ1v) is 4.68. The first kappa shape index (κ1) is 10.6. The molecule has 0 radical (unpaired) electrons. The molecule has 0 saturated heterocycles. The highest BCUT2D eigenvalue weighted by Gasteiger charge is 2.27. The van der Waals surface area contributed by atoms with E-state index in [1.54, 1.807) is 0 Å². The highest BCUT2D eigenvalue weighted by molar-refractivity contribution is 7.98. The predicted octanol–water partition coefficient (Wildman–Crippen LogP) is -0.713. The van der Waals surface area contributed by atoms with Crippen molar-refractivity contribution in [1.29, 1.82) is 0 Å². The van der Waals surface area contributed by atoms with Gasteiger partial charge in [0.15, 0.2) is 0 Å². The Kier molecular flexibility index (Phi) is 4.71. The zero-order valence-electron chi connectivity index (χ0n) is 5.82. The molecule has 0 spiro atoms. The van der Waals surface area contributed by atoms with Crippen LogP contribution in [-0.4, -0.2) is 39.8 Å². The lowest BCUT2D eigenvalue weighted by Gasteiger charge is -2.26. The molecule has 2 unspecified atom stereocenters. The largest absolute Gasteiger partial charge is 0.393 e. The summed E-state index contributed by atoms with van der Waals surface area (Å²) in [5, 5.41) is 17.8. The van der Waals surface area contributed by atoms with Gasteiger partial charge >= 0.3 is 0 Å². The van der Waals surface area contributed by atoms with E-state index in [1.165, 1.54) is 11.8 Å². The summed E-state index contributed by atoms with van der Waals surface area (Å²) >= 11 is 5.34. The average molecular weight is 183 g/mol. The number of thioether (sulfide) groups is 1. The van der Waals surface area contributed by atoms with Gasteiger partial charge < -0.3 is 15.9 Å². The third-order valence-electron chi connectivity index (χ3n) is 1.15. The number of thiol groups is 1. The maximum absolute atomic E-state index is 9.19. The molecular weight excluding hydrogens is 170 g/mol. The molecule has 0 aliphatic rings. The molecule has 0 aromatic rings. The molecule has 0 amide bonds. The zero-order chi connectivity index (χ0) is 8.20. The Bertz CT molecular complexity index is 99.6. The van der Waals surface area contributed by atoms with E-state index in [1.807, 2.05) is 6.26 Å². The molecular formula is C5H13NO2S2. The molecule has 0 aromatic carbocycles. The van der Waals surface area contributed by atoms with Crippen molar-refractivity contribution < 1.29 is 10.2 Å². The third-order valence-corrected chi connectivity index (χ3v) is 2.24. The van der Waals surface area contributed by atoms with Crippen LogP contribution in [0, 0.1) is 0 Å². The number of aliphatic hydroxyl groups is 2. The van der Waals surface area contributed by atoms with Gasteiger partial charge in [-0.15, -0.1) is 0 Å². The van der Waals surface area contributed by atoms with Crippen LogP contribution in [0.5, 0.6) is 0 Å². The fourth-order valence-corrected chi connectivity index (χ4v) is 1.24. The second-order valence-electron chi connectivity index (χ2n) is 2.12. The molecule has 0 bridgehead atoms. The maximum Gasteiger partial charge on any atom is 0.110 e. The van der Waals surface area contributed by atoms with Crippen LogP contribution in [0.2, 0.25) is 0 Å². The number of rotatable bonds is 4. The standard InChI is InChI=1S/C5H13NO2S2/c1-10-2-4(8)5(6,9)3-7/h4,7-9H,2-3,6H2,1H3. The van der Waals surface area contributed by atoms with Crippen molar-refractivity contribution in [3.05, 3.63) is 0 Å². The summed E-state index contributed by atoms with van der Waals surface area (Å²) in [4.78, 5) is -1.16. The Balaban J connectivity index is 3.78. The van der Waals surface area contributed by atoms with Crippen LogP contribution in [0.1, 0.15) is 0 Å². The van der Waals surface area contributed by atoms with Crippen molar-refractivity contribution in [2.45, 2.75) is 11.0 Å². The second kappa shape index (κ2) is 4.46. The molecule has 4 N–H and O–H groups in total. The Morgan fingerprint density at radius 2 is 2.30 bits per heavy atom. The van der Waals surface area contributed by atoms with E-state index in [2.05, 4.69) is 12.6 Å². The van der Waals surface area contributed by atoms with Crippen LogP contribution < -0.4 is 5.73 Å². The Labute approximate surface area is 70.4 Å². The summed E-state index contributed by atoms with van der Waals surface area (Å²) < 4.78 is 0. The number of nitrogens with two attached hydrogens (primary N) is 1. The van der Waals surface area contributed by atoms with Gasteiger partial charge in [-0.05, 0) is 6.26 Å². The van der Waals surface area contributed by atoms with Gasteiger partial charge in [-0.25, -0.2) is 0 Å². The molecule has 2 atom stereocenters. The predicted molar refractivity (Wildman–Crippen MR) is 47.4 cm³/mol. The smallest absolute Gasteiger partial charge is 0.110 e. The van der Waals surface area contributed by atoms with Gasteiger partial charge in [-0.2, -0.15) is 24.4 Å². The van der Waals surface area contributed by atoms with Crippen molar-refractivity contribution in [2.75, 3.05) is 18.6 Å². The van der Waals surface area contributed by atoms with Crippen molar-refractivity contribution in [3.63, 3.8) is 0 Å². The van der Waals surface area contributed by atoms with Crippen molar-refractivity contribution in [1.82, 2.24) is 0 Å². The van der Waals surface area contributed by atoms with Gasteiger partial charge in [-0.3, -0.25) is 0 Å². The average Bonchev–Trinajstić information content (AvgIpc) is 1.89. The topological polar surface area (TPSA) is 66.5 Å². The minimum atomic E-state index is -1.16. The molecule has 0 aliphatic carbocycles. The van der Waals surface area contributed by atoms with Crippen LogP contribution in [0.3, 0.4) is 0 Å². The molecule has 0 aliphatic heterocycles. The zero-order valence-corrected chi connectivity index (χ0v) is 7.53. The molecule has 0 aromatic heterocycles. The molecule has 3 nitrogen and oxygen atoms in total. The fourth-order valence-electron chi connectivity index (χ4n) is 0.408. The monoisotopic (exact) mass is 183 g/mol. The fraction of sp³-hybridized carbons (Fsp3) is 1.00. The number of hydrogen-bond donors (Lipinski definition) is 4. The number of aliphatic hydroxyl groups excluding tert-OH is 2. The molecule has 0 fully saturated rings. The lowest BCUT2D eigenvalue weighted by molar-refractivity contribution is 0.111. The third kappa shape index (κ3) is 3.12. The summed E-state index contributed by atoms with van der Waals surface area (Å²) in [5.74, 6) is 0.487. The van der Waals surface area contributed by atoms with E-state index in [4.69, 9.17) is 10.8 Å². The normalized spacial score (nSPS) is 20.1. The van der Waals surface area contributed by atoms with Crippen molar-refractivity contribution >= 4 is 24.4 Å². The highest BCUT2D eigenvalue weighted by atomic mass is 32.2. The van der Waals surface area contributed by atoms with Crippen molar-refractivity contribution in [2.24, 2.45) is 5.73 Å². The quantitative estimate of drug-likeness (QED) is 0.343. The molecule has 5 heteroatoms. The Morgan fingerprint density at radius 3 is 2.60 bits per heavy atom. The molecule has 62 valence electrons. The first-order chi connectivity index (χ1) is 4.54. The van der Waals surface area contributed by atoms with Gasteiger partial charge in [0.2, 0.25) is 0 Å². The van der Waals surface area contributed by atoms with E-state index >= 15 is 0 Å². The minimum Gasteiger partial charge on any atom is -0.393 e. The van der Waals surface area contributed by atoms with Crippen LogP contribution in [0.15, 0.2) is 0 Å². The molecule has 0 heterocycles. The molecule has 0 saturated carbocycles. The van der Waals surface area contributed by atoms with Crippen LogP contribution in [0.4, 0.5) is 0 Å². The van der Waals surface area contributed by atoms with Gasteiger partial charge in [0.25, 0.3) is 0 Å². The Morgan fingerprint density at radius 1 is 1.80 bits per heavy atom. The summed E-state index contributed by atoms with van der Waals surface area (Å²) in [6.07, 6.45) is 1.08. The maximum atomic E-state index is 9.19. The minimum absolute atomic E-state index is 0.322. The summed E-state index contributed by atoms with van der Waals surface area (Å²) in [5.41, 5.74) is 5.40. The summed E-state index contributed by atoms with van der Waals surface area (Å²) in [6, 6.07) is 0. The van der Waals surface area contributed by atoms with E-state index in [-0.39, 0.29) is 6.61 Å². The number of hydrogen-bond acceptors (Lipinski definition) is 5. The van der Waals surface area contributed by atoms with E-state index < -0.39 is 11.0 Å². The van der Waals surface area contributed by atoms with Gasteiger partial charge in [0.1, 0.15) is 4.87 Å². The van der Waals surface area contributed by atoms with Gasteiger partial charge in [0.05, 0.1) is 12.7 Å². The lowest BCUT2D eigenvalue weighted by atomic mass is 10.2. The first-order valence-electron chi connectivity index (χ1n) is 2.83. The SMILES string of the molecule is CSCC(O)C(N)(S)CO. The van der Waals surface area contributed by atoms with Crippen LogP contribution in [0.25, 0.3) is 0 Å². The van der Waals surface area contributed by atoms with Crippen LogP contribution >= 0.6 is 24.4 Å². The van der Waals surface area contributed by atoms with E-state index in [0.29, 0.717) is 5.75 Å². The van der Waals surface area contributed by atoms with Gasteiger partial charge in [0, 0.05) is 5.75 Å². The van der Waals surface area contributed by atoms with Crippen molar-refractivity contribution in [3.8, 4) is 0 Å².